The molecule has 27 heavy (non-hydrogen) atoms. The molecule has 1 unspecified atom stereocenters. The molecule has 1 N–H and O–H groups in total. The highest BCUT2D eigenvalue weighted by Gasteiger charge is 2.18. The lowest BCUT2D eigenvalue weighted by Gasteiger charge is -2.21. The SMILES string of the molecule is Cn1cnnc1SCC(O)COC(c1ccc(F)cc1)c1ccc(F)cc1. The fraction of sp³-hybridized carbons (Fsp3) is 0.263. The van der Waals surface area contributed by atoms with Gasteiger partial charge in [-0.3, -0.25) is 0 Å². The van der Waals surface area contributed by atoms with E-state index in [0.29, 0.717) is 10.9 Å². The average Bonchev–Trinajstić information content (AvgIpc) is 3.08. The second-order valence-corrected chi connectivity index (χ2v) is 6.99. The van der Waals surface area contributed by atoms with E-state index < -0.39 is 12.2 Å². The first kappa shape index (κ1) is 19.5. The maximum absolute atomic E-state index is 13.2. The molecule has 0 bridgehead atoms. The summed E-state index contributed by atoms with van der Waals surface area (Å²) in [5, 5.41) is 18.7. The zero-order valence-corrected chi connectivity index (χ0v) is 15.4. The lowest BCUT2D eigenvalue weighted by atomic mass is 10.0. The van der Waals surface area contributed by atoms with Crippen LogP contribution in [-0.2, 0) is 11.8 Å². The second kappa shape index (κ2) is 9.07. The van der Waals surface area contributed by atoms with Crippen molar-refractivity contribution in [2.75, 3.05) is 12.4 Å². The van der Waals surface area contributed by atoms with Gasteiger partial charge in [-0.1, -0.05) is 36.0 Å². The first-order valence-electron chi connectivity index (χ1n) is 8.30. The van der Waals surface area contributed by atoms with Gasteiger partial charge in [0, 0.05) is 12.8 Å². The summed E-state index contributed by atoms with van der Waals surface area (Å²) in [5.74, 6) is -0.319. The quantitative estimate of drug-likeness (QED) is 0.597. The second-order valence-electron chi connectivity index (χ2n) is 6.01. The molecule has 0 fully saturated rings. The molecule has 0 spiro atoms. The van der Waals surface area contributed by atoms with Crippen LogP contribution in [0.1, 0.15) is 17.2 Å². The number of thioether (sulfide) groups is 1. The van der Waals surface area contributed by atoms with Gasteiger partial charge in [0.2, 0.25) is 0 Å². The normalized spacial score (nSPS) is 12.5. The number of hydrogen-bond acceptors (Lipinski definition) is 5. The number of benzene rings is 2. The Balaban J connectivity index is 1.66. The molecular formula is C19H19F2N3O2S. The van der Waals surface area contributed by atoms with Crippen molar-refractivity contribution in [3.63, 3.8) is 0 Å². The number of aryl methyl sites for hydroxylation is 1. The summed E-state index contributed by atoms with van der Waals surface area (Å²) in [6, 6.07) is 11.8. The maximum atomic E-state index is 13.2. The molecule has 1 heterocycles. The molecule has 0 aliphatic rings. The van der Waals surface area contributed by atoms with Crippen LogP contribution >= 0.6 is 11.8 Å². The molecule has 3 rings (SSSR count). The molecule has 8 heteroatoms. The van der Waals surface area contributed by atoms with Gasteiger partial charge in [-0.05, 0) is 35.4 Å². The molecule has 0 aliphatic carbocycles. The molecule has 5 nitrogen and oxygen atoms in total. The zero-order valence-electron chi connectivity index (χ0n) is 14.6. The smallest absolute Gasteiger partial charge is 0.190 e. The summed E-state index contributed by atoms with van der Waals surface area (Å²) in [6.07, 6.45) is 0.306. The Hall–Kier alpha value is -2.29. The van der Waals surface area contributed by atoms with Crippen LogP contribution in [0.3, 0.4) is 0 Å². The van der Waals surface area contributed by atoms with E-state index in [4.69, 9.17) is 4.74 Å². The van der Waals surface area contributed by atoms with E-state index in [9.17, 15) is 13.9 Å². The number of aliphatic hydroxyl groups is 1. The van der Waals surface area contributed by atoms with Gasteiger partial charge >= 0.3 is 0 Å². The summed E-state index contributed by atoms with van der Waals surface area (Å²) in [5.41, 5.74) is 1.44. The molecule has 142 valence electrons. The van der Waals surface area contributed by atoms with Crippen molar-refractivity contribution in [1.29, 1.82) is 0 Å². The predicted octanol–water partition coefficient (Wildman–Crippen LogP) is 3.35. The highest BCUT2D eigenvalue weighted by molar-refractivity contribution is 7.99. The van der Waals surface area contributed by atoms with Crippen molar-refractivity contribution >= 4 is 11.8 Å². The molecule has 0 aliphatic heterocycles. The highest BCUT2D eigenvalue weighted by atomic mass is 32.2. The van der Waals surface area contributed by atoms with Crippen molar-refractivity contribution in [1.82, 2.24) is 14.8 Å². The van der Waals surface area contributed by atoms with Crippen LogP contribution in [0.15, 0.2) is 60.0 Å². The lowest BCUT2D eigenvalue weighted by molar-refractivity contribution is 0.0154. The third-order valence-corrected chi connectivity index (χ3v) is 5.05. The number of aromatic nitrogens is 3. The van der Waals surface area contributed by atoms with Crippen molar-refractivity contribution in [3.05, 3.63) is 77.6 Å². The third kappa shape index (κ3) is 5.35. The Bertz CT molecular complexity index is 811. The van der Waals surface area contributed by atoms with Gasteiger partial charge in [0.25, 0.3) is 0 Å². The lowest BCUT2D eigenvalue weighted by Crippen LogP contribution is -2.21. The van der Waals surface area contributed by atoms with Crippen molar-refractivity contribution in [2.45, 2.75) is 17.4 Å². The first-order valence-corrected chi connectivity index (χ1v) is 9.29. The van der Waals surface area contributed by atoms with Crippen LogP contribution in [0, 0.1) is 11.6 Å². The Morgan fingerprint density at radius 2 is 1.59 bits per heavy atom. The van der Waals surface area contributed by atoms with E-state index in [1.807, 2.05) is 7.05 Å². The van der Waals surface area contributed by atoms with Gasteiger partial charge in [0.05, 0.1) is 12.7 Å². The molecule has 0 radical (unpaired) electrons. The van der Waals surface area contributed by atoms with Gasteiger partial charge in [-0.15, -0.1) is 10.2 Å². The Morgan fingerprint density at radius 3 is 2.07 bits per heavy atom. The van der Waals surface area contributed by atoms with Crippen molar-refractivity contribution in [2.24, 2.45) is 7.05 Å². The standard InChI is InChI=1S/C19H19F2N3O2S/c1-24-12-22-23-19(24)27-11-17(25)10-26-18(13-2-6-15(20)7-3-13)14-4-8-16(21)9-5-14/h2-9,12,17-18,25H,10-11H2,1H3. The fourth-order valence-corrected chi connectivity index (χ4v) is 3.28. The average molecular weight is 391 g/mol. The van der Waals surface area contributed by atoms with Crippen molar-refractivity contribution in [3.8, 4) is 0 Å². The molecular weight excluding hydrogens is 372 g/mol. The minimum atomic E-state index is -0.741. The molecule has 0 amide bonds. The van der Waals surface area contributed by atoms with E-state index in [-0.39, 0.29) is 18.2 Å². The van der Waals surface area contributed by atoms with Gasteiger partial charge < -0.3 is 14.4 Å². The summed E-state index contributed by atoms with van der Waals surface area (Å²) in [4.78, 5) is 0. The topological polar surface area (TPSA) is 60.2 Å². The summed E-state index contributed by atoms with van der Waals surface area (Å²) >= 11 is 1.37. The number of nitrogens with zero attached hydrogens (tertiary/aromatic N) is 3. The number of halogens is 2. The van der Waals surface area contributed by atoms with Crippen molar-refractivity contribution < 1.29 is 18.6 Å². The van der Waals surface area contributed by atoms with Gasteiger partial charge in [0.15, 0.2) is 5.16 Å². The predicted molar refractivity (Wildman–Crippen MR) is 98.3 cm³/mol. The first-order chi connectivity index (χ1) is 13.0. The van der Waals surface area contributed by atoms with Crippen LogP contribution in [0.25, 0.3) is 0 Å². The zero-order chi connectivity index (χ0) is 19.2. The van der Waals surface area contributed by atoms with Gasteiger partial charge in [-0.25, -0.2) is 8.78 Å². The van der Waals surface area contributed by atoms with E-state index in [1.54, 1.807) is 35.2 Å². The number of rotatable bonds is 8. The molecule has 0 saturated heterocycles. The van der Waals surface area contributed by atoms with E-state index in [2.05, 4.69) is 10.2 Å². The van der Waals surface area contributed by atoms with E-state index in [1.165, 1.54) is 36.0 Å². The largest absolute Gasteiger partial charge is 0.390 e. The minimum absolute atomic E-state index is 0.0598. The minimum Gasteiger partial charge on any atom is -0.390 e. The summed E-state index contributed by atoms with van der Waals surface area (Å²) < 4.78 is 34.1. The Morgan fingerprint density at radius 1 is 1.04 bits per heavy atom. The van der Waals surface area contributed by atoms with Crippen LogP contribution in [0.2, 0.25) is 0 Å². The van der Waals surface area contributed by atoms with Crippen LogP contribution in [-0.4, -0.2) is 38.3 Å². The molecule has 0 saturated carbocycles. The van der Waals surface area contributed by atoms with Gasteiger partial charge in [-0.2, -0.15) is 0 Å². The highest BCUT2D eigenvalue weighted by Crippen LogP contribution is 2.27. The Labute approximate surface area is 160 Å². The number of aliphatic hydroxyl groups excluding tert-OH is 1. The van der Waals surface area contributed by atoms with Gasteiger partial charge in [0.1, 0.15) is 24.1 Å². The van der Waals surface area contributed by atoms with Crippen LogP contribution in [0.4, 0.5) is 8.78 Å². The molecule has 1 aromatic heterocycles. The van der Waals surface area contributed by atoms with Crippen LogP contribution in [0.5, 0.6) is 0 Å². The monoisotopic (exact) mass is 391 g/mol. The van der Waals surface area contributed by atoms with Crippen LogP contribution < -0.4 is 0 Å². The summed E-state index contributed by atoms with van der Waals surface area (Å²) in [7, 11) is 1.82. The molecule has 2 aromatic carbocycles. The number of ether oxygens (including phenoxy) is 1. The fourth-order valence-electron chi connectivity index (χ4n) is 2.49. The number of hydrogen-bond donors (Lipinski definition) is 1. The maximum Gasteiger partial charge on any atom is 0.190 e. The van der Waals surface area contributed by atoms with E-state index >= 15 is 0 Å². The Kier molecular flexibility index (Phi) is 6.54. The molecule has 3 aromatic rings. The summed E-state index contributed by atoms with van der Waals surface area (Å²) in [6.45, 7) is 0.0598. The third-order valence-electron chi connectivity index (χ3n) is 3.88. The molecule has 1 atom stereocenters. The van der Waals surface area contributed by atoms with E-state index in [0.717, 1.165) is 11.1 Å².